The number of hydrogen-bond donors (Lipinski definition) is 2. The fraction of sp³-hybridized carbons (Fsp3) is 0.103. The first kappa shape index (κ1) is 26.1. The second kappa shape index (κ2) is 12.3. The Morgan fingerprint density at radius 3 is 2.24 bits per heavy atom. The highest BCUT2D eigenvalue weighted by Crippen LogP contribution is 2.38. The number of nitrogens with one attached hydrogen (secondary N) is 2. The van der Waals surface area contributed by atoms with Crippen LogP contribution in [0.2, 0.25) is 5.02 Å². The third kappa shape index (κ3) is 6.84. The maximum atomic E-state index is 13.5. The summed E-state index contributed by atoms with van der Waals surface area (Å²) in [5.41, 5.74) is 2.52. The van der Waals surface area contributed by atoms with Gasteiger partial charge in [-0.2, -0.15) is 0 Å². The topological polar surface area (TPSA) is 76.7 Å². The van der Waals surface area contributed by atoms with Crippen LogP contribution in [-0.2, 0) is 4.79 Å². The predicted molar refractivity (Wildman–Crippen MR) is 149 cm³/mol. The fourth-order valence-electron chi connectivity index (χ4n) is 3.59. The first-order chi connectivity index (χ1) is 18.0. The van der Waals surface area contributed by atoms with Gasteiger partial charge in [-0.1, -0.05) is 48.0 Å². The van der Waals surface area contributed by atoms with Gasteiger partial charge in [0.05, 0.1) is 19.9 Å². The minimum absolute atomic E-state index is 0.196. The van der Waals surface area contributed by atoms with Crippen LogP contribution < -0.4 is 20.1 Å². The summed E-state index contributed by atoms with van der Waals surface area (Å²) in [5.74, 6) is 0.687. The third-order valence-electron chi connectivity index (χ3n) is 5.46. The molecule has 8 heteroatoms. The van der Waals surface area contributed by atoms with Gasteiger partial charge in [0.1, 0.15) is 16.7 Å². The zero-order valence-corrected chi connectivity index (χ0v) is 21.8. The quantitative estimate of drug-likeness (QED) is 0.225. The molecule has 0 spiro atoms. The molecular formula is C29H25ClN2O4S. The van der Waals surface area contributed by atoms with E-state index in [1.165, 1.54) is 11.8 Å². The summed E-state index contributed by atoms with van der Waals surface area (Å²) >= 11 is 7.40. The van der Waals surface area contributed by atoms with Crippen LogP contribution in [0.1, 0.15) is 21.2 Å². The van der Waals surface area contributed by atoms with Gasteiger partial charge in [0.2, 0.25) is 5.91 Å². The smallest absolute Gasteiger partial charge is 0.255 e. The number of amides is 2. The molecule has 0 fully saturated rings. The molecule has 0 saturated heterocycles. The van der Waals surface area contributed by atoms with Gasteiger partial charge in [-0.3, -0.25) is 9.59 Å². The number of halogens is 1. The van der Waals surface area contributed by atoms with E-state index in [-0.39, 0.29) is 11.8 Å². The number of methoxy groups -OCH3 is 2. The van der Waals surface area contributed by atoms with Gasteiger partial charge >= 0.3 is 0 Å². The number of hydrogen-bond acceptors (Lipinski definition) is 5. The molecule has 0 aliphatic rings. The summed E-state index contributed by atoms with van der Waals surface area (Å²) in [4.78, 5) is 26.8. The van der Waals surface area contributed by atoms with Crippen LogP contribution in [0.3, 0.4) is 0 Å². The highest BCUT2D eigenvalue weighted by molar-refractivity contribution is 8.00. The molecule has 188 valence electrons. The lowest BCUT2D eigenvalue weighted by molar-refractivity contribution is -0.115. The second-order valence-corrected chi connectivity index (χ2v) is 9.57. The molecule has 1 atom stereocenters. The highest BCUT2D eigenvalue weighted by Gasteiger charge is 2.23. The Kier molecular flexibility index (Phi) is 8.72. The van der Waals surface area contributed by atoms with E-state index in [0.717, 1.165) is 10.5 Å². The summed E-state index contributed by atoms with van der Waals surface area (Å²) in [6.07, 6.45) is 0. The Hall–Kier alpha value is -3.94. The molecule has 0 aliphatic heterocycles. The number of thioether (sulfide) groups is 1. The van der Waals surface area contributed by atoms with E-state index in [4.69, 9.17) is 21.1 Å². The third-order valence-corrected chi connectivity index (χ3v) is 6.96. The Bertz CT molecular complexity index is 1380. The van der Waals surface area contributed by atoms with Gasteiger partial charge < -0.3 is 20.1 Å². The van der Waals surface area contributed by atoms with Crippen molar-refractivity contribution in [2.24, 2.45) is 0 Å². The van der Waals surface area contributed by atoms with E-state index < -0.39 is 5.25 Å². The molecule has 0 radical (unpaired) electrons. The number of carbonyl (C=O) groups is 2. The normalized spacial score (nSPS) is 11.3. The van der Waals surface area contributed by atoms with E-state index in [1.54, 1.807) is 68.8 Å². The zero-order valence-electron chi connectivity index (χ0n) is 20.2. The van der Waals surface area contributed by atoms with Gasteiger partial charge in [-0.15, -0.1) is 11.8 Å². The first-order valence-corrected chi connectivity index (χ1v) is 12.6. The number of carbonyl (C=O) groups excluding carboxylic acids is 2. The molecule has 0 aliphatic carbocycles. The molecular weight excluding hydrogens is 508 g/mol. The van der Waals surface area contributed by atoms with E-state index in [0.29, 0.717) is 33.5 Å². The highest BCUT2D eigenvalue weighted by atomic mass is 35.5. The molecule has 1 unspecified atom stereocenters. The van der Waals surface area contributed by atoms with Crippen molar-refractivity contribution < 1.29 is 19.1 Å². The van der Waals surface area contributed by atoms with Crippen molar-refractivity contribution in [3.63, 3.8) is 0 Å². The van der Waals surface area contributed by atoms with Gasteiger partial charge in [-0.05, 0) is 60.2 Å². The van der Waals surface area contributed by atoms with Crippen LogP contribution in [0.5, 0.6) is 11.5 Å². The summed E-state index contributed by atoms with van der Waals surface area (Å²) in [6, 6.07) is 28.9. The predicted octanol–water partition coefficient (Wildman–Crippen LogP) is 7.08. The summed E-state index contributed by atoms with van der Waals surface area (Å²) in [7, 11) is 3.11. The SMILES string of the molecule is COc1ccc(NC(=O)C(Sc2ccc(NC(=O)c3cccc(Cl)c3)cc2)c2ccccc2)c(OC)c1. The van der Waals surface area contributed by atoms with Crippen molar-refractivity contribution in [2.75, 3.05) is 24.9 Å². The Morgan fingerprint density at radius 1 is 0.811 bits per heavy atom. The lowest BCUT2D eigenvalue weighted by Gasteiger charge is -2.19. The van der Waals surface area contributed by atoms with Gasteiger partial charge in [0.15, 0.2) is 0 Å². The standard InChI is InChI=1S/C29H25ClN2O4S/c1-35-23-13-16-25(26(18-23)36-2)32-29(34)27(19-7-4-3-5-8-19)37-24-14-11-22(12-15-24)31-28(33)20-9-6-10-21(30)17-20/h3-18,27H,1-2H3,(H,31,33)(H,32,34). The Balaban J connectivity index is 1.51. The molecule has 37 heavy (non-hydrogen) atoms. The van der Waals surface area contributed by atoms with Crippen molar-refractivity contribution in [3.05, 3.63) is 113 Å². The summed E-state index contributed by atoms with van der Waals surface area (Å²) in [6.45, 7) is 0. The summed E-state index contributed by atoms with van der Waals surface area (Å²) < 4.78 is 10.7. The molecule has 0 saturated carbocycles. The van der Waals surface area contributed by atoms with Crippen LogP contribution in [0.4, 0.5) is 11.4 Å². The molecule has 6 nitrogen and oxygen atoms in total. The molecule has 0 heterocycles. The molecule has 2 N–H and O–H groups in total. The van der Waals surface area contributed by atoms with E-state index in [2.05, 4.69) is 10.6 Å². The average molecular weight is 533 g/mol. The molecule has 4 rings (SSSR count). The molecule has 4 aromatic carbocycles. The van der Waals surface area contributed by atoms with Crippen LogP contribution in [0.25, 0.3) is 0 Å². The Labute approximate surface area is 225 Å². The fourth-order valence-corrected chi connectivity index (χ4v) is 4.80. The van der Waals surface area contributed by atoms with Crippen LogP contribution in [-0.4, -0.2) is 26.0 Å². The maximum Gasteiger partial charge on any atom is 0.255 e. The van der Waals surface area contributed by atoms with Crippen LogP contribution >= 0.6 is 23.4 Å². The monoisotopic (exact) mass is 532 g/mol. The van der Waals surface area contributed by atoms with Crippen molar-refractivity contribution in [1.82, 2.24) is 0 Å². The van der Waals surface area contributed by atoms with Gasteiger partial charge in [0.25, 0.3) is 5.91 Å². The van der Waals surface area contributed by atoms with Crippen LogP contribution in [0.15, 0.2) is 102 Å². The number of anilines is 2. The number of benzene rings is 4. The minimum atomic E-state index is -0.528. The number of rotatable bonds is 9. The van der Waals surface area contributed by atoms with Crippen molar-refractivity contribution in [1.29, 1.82) is 0 Å². The van der Waals surface area contributed by atoms with Gasteiger partial charge in [-0.25, -0.2) is 0 Å². The molecule has 2 amide bonds. The maximum absolute atomic E-state index is 13.5. The van der Waals surface area contributed by atoms with Gasteiger partial charge in [0, 0.05) is 27.2 Å². The van der Waals surface area contributed by atoms with Crippen molar-refractivity contribution in [3.8, 4) is 11.5 Å². The van der Waals surface area contributed by atoms with E-state index in [1.807, 2.05) is 42.5 Å². The Morgan fingerprint density at radius 2 is 1.57 bits per heavy atom. The van der Waals surface area contributed by atoms with E-state index in [9.17, 15) is 9.59 Å². The lowest BCUT2D eigenvalue weighted by atomic mass is 10.1. The zero-order chi connectivity index (χ0) is 26.2. The van der Waals surface area contributed by atoms with Crippen molar-refractivity contribution in [2.45, 2.75) is 10.1 Å². The van der Waals surface area contributed by atoms with Crippen LogP contribution in [0, 0.1) is 0 Å². The second-order valence-electron chi connectivity index (χ2n) is 7.95. The molecule has 4 aromatic rings. The van der Waals surface area contributed by atoms with Crippen molar-refractivity contribution >= 4 is 46.6 Å². The summed E-state index contributed by atoms with van der Waals surface area (Å²) in [5, 5.41) is 5.82. The lowest BCUT2D eigenvalue weighted by Crippen LogP contribution is -2.19. The molecule has 0 aromatic heterocycles. The first-order valence-electron chi connectivity index (χ1n) is 11.4. The largest absolute Gasteiger partial charge is 0.497 e. The molecule has 0 bridgehead atoms. The average Bonchev–Trinajstić information content (AvgIpc) is 2.93. The van der Waals surface area contributed by atoms with E-state index >= 15 is 0 Å². The number of ether oxygens (including phenoxy) is 2. The minimum Gasteiger partial charge on any atom is -0.497 e.